The van der Waals surface area contributed by atoms with E-state index in [1.54, 1.807) is 6.07 Å². The van der Waals surface area contributed by atoms with Gasteiger partial charge < -0.3 is 19.6 Å². The summed E-state index contributed by atoms with van der Waals surface area (Å²) < 4.78 is 20.7. The largest absolute Gasteiger partial charge is 0.383 e. The van der Waals surface area contributed by atoms with E-state index in [0.29, 0.717) is 25.1 Å². The SMILES string of the molecule is Cc1ccc(-c2c(C)noc2C)cc1N(CCCNc1cc2c(cc1F)C(=O)N(C1CCC(=O)NC1=O)C2)c1ccc(C2(C#N)CC2)cc1. The van der Waals surface area contributed by atoms with Gasteiger partial charge in [0.2, 0.25) is 11.8 Å². The first-order valence-electron chi connectivity index (χ1n) is 16.6. The van der Waals surface area contributed by atoms with Gasteiger partial charge in [-0.2, -0.15) is 5.26 Å². The van der Waals surface area contributed by atoms with Crippen LogP contribution in [0.5, 0.6) is 0 Å². The van der Waals surface area contributed by atoms with Crippen LogP contribution in [0.4, 0.5) is 21.5 Å². The fourth-order valence-corrected chi connectivity index (χ4v) is 7.07. The topological polar surface area (TPSA) is 132 Å². The van der Waals surface area contributed by atoms with Crippen LogP contribution in [-0.4, -0.2) is 46.9 Å². The molecule has 3 aromatic carbocycles. The zero-order chi connectivity index (χ0) is 34.4. The molecule has 4 aromatic rings. The number of hydrogen-bond acceptors (Lipinski definition) is 8. The normalized spacial score (nSPS) is 17.8. The third-order valence-electron chi connectivity index (χ3n) is 10.0. The zero-order valence-electron chi connectivity index (χ0n) is 27.7. The maximum absolute atomic E-state index is 15.3. The molecule has 2 fully saturated rings. The highest BCUT2D eigenvalue weighted by Crippen LogP contribution is 2.48. The van der Waals surface area contributed by atoms with E-state index in [4.69, 9.17) is 4.52 Å². The summed E-state index contributed by atoms with van der Waals surface area (Å²) in [5.74, 6) is -1.06. The van der Waals surface area contributed by atoms with Crippen LogP contribution < -0.4 is 15.5 Å². The zero-order valence-corrected chi connectivity index (χ0v) is 27.7. The Kier molecular flexibility index (Phi) is 8.19. The number of nitrogens with zero attached hydrogens (tertiary/aromatic N) is 4. The van der Waals surface area contributed by atoms with Crippen LogP contribution in [0.15, 0.2) is 59.1 Å². The number of piperidine rings is 1. The van der Waals surface area contributed by atoms with Crippen molar-refractivity contribution in [1.82, 2.24) is 15.4 Å². The predicted molar refractivity (Wildman–Crippen MR) is 182 cm³/mol. The molecule has 1 aliphatic carbocycles. The molecule has 3 heterocycles. The van der Waals surface area contributed by atoms with E-state index >= 15 is 4.39 Å². The van der Waals surface area contributed by atoms with E-state index in [0.717, 1.165) is 57.9 Å². The lowest BCUT2D eigenvalue weighted by molar-refractivity contribution is -0.136. The molecule has 0 spiro atoms. The molecule has 2 aliphatic heterocycles. The number of rotatable bonds is 10. The number of carbonyl (C=O) groups excluding carboxylic acids is 3. The molecule has 1 aromatic heterocycles. The first kappa shape index (κ1) is 32.1. The predicted octanol–water partition coefficient (Wildman–Crippen LogP) is 6.36. The molecule has 0 bridgehead atoms. The number of aryl methyl sites for hydroxylation is 3. The van der Waals surface area contributed by atoms with Gasteiger partial charge in [-0.3, -0.25) is 19.7 Å². The van der Waals surface area contributed by atoms with Gasteiger partial charge in [0.05, 0.1) is 22.9 Å². The highest BCUT2D eigenvalue weighted by atomic mass is 19.1. The first-order chi connectivity index (χ1) is 23.6. The van der Waals surface area contributed by atoms with Crippen molar-refractivity contribution >= 4 is 34.8 Å². The maximum atomic E-state index is 15.3. The molecular formula is C38H37FN6O4. The number of nitrogens with one attached hydrogen (secondary N) is 2. The lowest BCUT2D eigenvalue weighted by atomic mass is 9.97. The lowest BCUT2D eigenvalue weighted by Gasteiger charge is -2.29. The van der Waals surface area contributed by atoms with E-state index < -0.39 is 23.7 Å². The van der Waals surface area contributed by atoms with Crippen molar-refractivity contribution < 1.29 is 23.3 Å². The van der Waals surface area contributed by atoms with Crippen molar-refractivity contribution in [3.8, 4) is 17.2 Å². The van der Waals surface area contributed by atoms with Crippen molar-refractivity contribution in [2.75, 3.05) is 23.3 Å². The second-order valence-electron chi connectivity index (χ2n) is 13.3. The Morgan fingerprint density at radius 1 is 1.10 bits per heavy atom. The third kappa shape index (κ3) is 5.92. The van der Waals surface area contributed by atoms with Crippen LogP contribution in [0, 0.1) is 37.9 Å². The van der Waals surface area contributed by atoms with Crippen LogP contribution in [-0.2, 0) is 21.5 Å². The fraction of sp³-hybridized carbons (Fsp3) is 0.342. The van der Waals surface area contributed by atoms with Gasteiger partial charge in [0.25, 0.3) is 5.91 Å². The molecule has 0 radical (unpaired) electrons. The smallest absolute Gasteiger partial charge is 0.255 e. The molecule has 11 heteroatoms. The number of nitriles is 1. The minimum absolute atomic E-state index is 0.156. The standard InChI is InChI=1S/C38H37FN6O4/c1-22-5-6-25(35-23(2)43-49-24(35)3)18-33(22)44(28-9-7-27(8-10-28)38(21-40)13-14-38)16-4-15-41-31-17-26-20-45(37(48)29(26)19-30(31)39)32-11-12-34(46)42-36(32)47/h5-10,17-19,32,41H,4,11-16,20H2,1-3H3,(H,42,46,47). The number of anilines is 3. The second kappa shape index (κ2) is 12.5. The Bertz CT molecular complexity index is 2010. The number of benzene rings is 3. The van der Waals surface area contributed by atoms with Crippen LogP contribution in [0.1, 0.15) is 70.6 Å². The van der Waals surface area contributed by atoms with Crippen LogP contribution in [0.25, 0.3) is 11.1 Å². The van der Waals surface area contributed by atoms with Crippen molar-refractivity contribution in [3.63, 3.8) is 0 Å². The minimum Gasteiger partial charge on any atom is -0.383 e. The number of fused-ring (bicyclic) bond motifs is 1. The molecule has 1 atom stereocenters. The molecule has 2 N–H and O–H groups in total. The molecular weight excluding hydrogens is 623 g/mol. The average Bonchev–Trinajstić information content (AvgIpc) is 3.74. The number of hydrogen-bond donors (Lipinski definition) is 2. The maximum Gasteiger partial charge on any atom is 0.255 e. The number of halogens is 1. The van der Waals surface area contributed by atoms with Crippen molar-refractivity contribution in [2.24, 2.45) is 0 Å². The van der Waals surface area contributed by atoms with E-state index in [1.807, 2.05) is 26.0 Å². The van der Waals surface area contributed by atoms with Gasteiger partial charge in [-0.05, 0) is 99.0 Å². The summed E-state index contributed by atoms with van der Waals surface area (Å²) in [5.41, 5.74) is 7.67. The summed E-state index contributed by atoms with van der Waals surface area (Å²) in [6.07, 6.45) is 2.80. The summed E-state index contributed by atoms with van der Waals surface area (Å²) in [6, 6.07) is 19.1. The second-order valence-corrected chi connectivity index (χ2v) is 13.3. The molecule has 1 saturated heterocycles. The molecule has 3 aliphatic rings. The Morgan fingerprint density at radius 3 is 2.55 bits per heavy atom. The molecule has 1 saturated carbocycles. The van der Waals surface area contributed by atoms with Crippen LogP contribution >= 0.6 is 0 Å². The van der Waals surface area contributed by atoms with Gasteiger partial charge >= 0.3 is 0 Å². The van der Waals surface area contributed by atoms with E-state index in [9.17, 15) is 19.6 Å². The highest BCUT2D eigenvalue weighted by Gasteiger charge is 2.45. The number of carbonyl (C=O) groups is 3. The average molecular weight is 661 g/mol. The summed E-state index contributed by atoms with van der Waals surface area (Å²) in [7, 11) is 0. The fourth-order valence-electron chi connectivity index (χ4n) is 7.07. The summed E-state index contributed by atoms with van der Waals surface area (Å²) in [5, 5.41) is 19.4. The van der Waals surface area contributed by atoms with Gasteiger partial charge in [-0.1, -0.05) is 29.4 Å². The number of aromatic nitrogens is 1. The van der Waals surface area contributed by atoms with Gasteiger partial charge in [-0.25, -0.2) is 4.39 Å². The minimum atomic E-state index is -0.758. The van der Waals surface area contributed by atoms with Crippen molar-refractivity contribution in [1.29, 1.82) is 5.26 Å². The monoisotopic (exact) mass is 660 g/mol. The summed E-state index contributed by atoms with van der Waals surface area (Å²) in [6.45, 7) is 7.13. The van der Waals surface area contributed by atoms with Gasteiger partial charge in [-0.15, -0.1) is 0 Å². The summed E-state index contributed by atoms with van der Waals surface area (Å²) in [4.78, 5) is 40.8. The highest BCUT2D eigenvalue weighted by molar-refractivity contribution is 6.05. The Labute approximate surface area is 283 Å². The number of imide groups is 1. The van der Waals surface area contributed by atoms with E-state index in [-0.39, 0.29) is 42.0 Å². The lowest BCUT2D eigenvalue weighted by Crippen LogP contribution is -2.52. The first-order valence-corrected chi connectivity index (χ1v) is 16.6. The van der Waals surface area contributed by atoms with Crippen LogP contribution in [0.2, 0.25) is 0 Å². The van der Waals surface area contributed by atoms with E-state index in [1.165, 1.54) is 11.0 Å². The van der Waals surface area contributed by atoms with Crippen molar-refractivity contribution in [2.45, 2.75) is 70.9 Å². The Morgan fingerprint density at radius 2 is 1.88 bits per heavy atom. The van der Waals surface area contributed by atoms with Gasteiger partial charge in [0.1, 0.15) is 17.6 Å². The van der Waals surface area contributed by atoms with Crippen molar-refractivity contribution in [3.05, 3.63) is 94.1 Å². The quantitative estimate of drug-likeness (QED) is 0.148. The molecule has 1 unspecified atom stereocenters. The third-order valence-corrected chi connectivity index (χ3v) is 10.0. The Balaban J connectivity index is 1.10. The number of amides is 3. The Hall–Kier alpha value is -5.50. The van der Waals surface area contributed by atoms with Crippen LogP contribution in [0.3, 0.4) is 0 Å². The molecule has 49 heavy (non-hydrogen) atoms. The molecule has 3 amide bonds. The van der Waals surface area contributed by atoms with E-state index in [2.05, 4.69) is 64.0 Å². The molecule has 7 rings (SSSR count). The van der Waals surface area contributed by atoms with Gasteiger partial charge in [0, 0.05) is 48.6 Å². The molecule has 250 valence electrons. The summed E-state index contributed by atoms with van der Waals surface area (Å²) >= 11 is 0. The molecule has 10 nitrogen and oxygen atoms in total. The van der Waals surface area contributed by atoms with Gasteiger partial charge in [0.15, 0.2) is 0 Å².